The maximum absolute atomic E-state index is 9.31. The van der Waals surface area contributed by atoms with Gasteiger partial charge < -0.3 is 5.11 Å². The van der Waals surface area contributed by atoms with Crippen LogP contribution in [0.3, 0.4) is 0 Å². The van der Waals surface area contributed by atoms with E-state index < -0.39 is 0 Å². The molecule has 0 aromatic carbocycles. The lowest BCUT2D eigenvalue weighted by Crippen LogP contribution is -2.35. The molecule has 1 atom stereocenters. The smallest absolute Gasteiger partial charge is 0.0679 e. The minimum atomic E-state index is -0.0624. The fourth-order valence-electron chi connectivity index (χ4n) is 2.15. The molecule has 0 saturated carbocycles. The van der Waals surface area contributed by atoms with Crippen LogP contribution in [0.4, 0.5) is 0 Å². The summed E-state index contributed by atoms with van der Waals surface area (Å²) in [5.41, 5.74) is 0. The van der Waals surface area contributed by atoms with Crippen LogP contribution in [-0.2, 0) is 0 Å². The van der Waals surface area contributed by atoms with E-state index in [1.807, 2.05) is 0 Å². The quantitative estimate of drug-likeness (QED) is 0.637. The first-order chi connectivity index (χ1) is 5.84. The Morgan fingerprint density at radius 2 is 1.83 bits per heavy atom. The van der Waals surface area contributed by atoms with Crippen molar-refractivity contribution in [3.8, 4) is 0 Å². The van der Waals surface area contributed by atoms with E-state index in [0.717, 1.165) is 26.2 Å². The Morgan fingerprint density at radius 3 is 2.42 bits per heavy atom. The van der Waals surface area contributed by atoms with Gasteiger partial charge in [-0.25, -0.2) is 0 Å². The summed E-state index contributed by atoms with van der Waals surface area (Å²) in [6.45, 7) is 5.56. The Morgan fingerprint density at radius 1 is 1.08 bits per heavy atom. The molecule has 3 heteroatoms. The molecule has 0 spiro atoms. The van der Waals surface area contributed by atoms with Crippen LogP contribution in [0.1, 0.15) is 19.3 Å². The summed E-state index contributed by atoms with van der Waals surface area (Å²) >= 11 is 0. The predicted octanol–water partition coefficient (Wildman–Crippen LogP) is 0.106. The van der Waals surface area contributed by atoms with E-state index in [1.54, 1.807) is 0 Å². The van der Waals surface area contributed by atoms with E-state index in [0.29, 0.717) is 0 Å². The molecular formula is C9H18N2O. The molecule has 12 heavy (non-hydrogen) atoms. The standard InChI is InChI=1S/C9H18N2O/c12-9-3-6-11(7-9)8-10-4-1-2-5-10/h9,12H,1-8H2/t9-/m0/s1. The third kappa shape index (κ3) is 1.97. The van der Waals surface area contributed by atoms with E-state index in [9.17, 15) is 5.11 Å². The SMILES string of the molecule is O[C@H]1CCN(CN2CCCC2)C1. The van der Waals surface area contributed by atoms with E-state index in [2.05, 4.69) is 9.80 Å². The zero-order chi connectivity index (χ0) is 8.39. The molecule has 0 aliphatic carbocycles. The van der Waals surface area contributed by atoms with Gasteiger partial charge in [-0.2, -0.15) is 0 Å². The van der Waals surface area contributed by atoms with Gasteiger partial charge in [0.1, 0.15) is 0 Å². The average molecular weight is 170 g/mol. The number of nitrogens with zero attached hydrogens (tertiary/aromatic N) is 2. The molecule has 2 aliphatic heterocycles. The van der Waals surface area contributed by atoms with Crippen molar-refractivity contribution in [2.75, 3.05) is 32.8 Å². The van der Waals surface area contributed by atoms with Gasteiger partial charge in [0.2, 0.25) is 0 Å². The Kier molecular flexibility index (Phi) is 2.63. The van der Waals surface area contributed by atoms with Crippen molar-refractivity contribution >= 4 is 0 Å². The highest BCUT2D eigenvalue weighted by Gasteiger charge is 2.22. The summed E-state index contributed by atoms with van der Waals surface area (Å²) in [6, 6.07) is 0. The second kappa shape index (κ2) is 3.73. The van der Waals surface area contributed by atoms with Crippen LogP contribution >= 0.6 is 0 Å². The Balaban J connectivity index is 1.72. The number of hydrogen-bond acceptors (Lipinski definition) is 3. The van der Waals surface area contributed by atoms with Gasteiger partial charge in [0.05, 0.1) is 12.8 Å². The first kappa shape index (κ1) is 8.48. The average Bonchev–Trinajstić information content (AvgIpc) is 2.63. The minimum Gasteiger partial charge on any atom is -0.392 e. The summed E-state index contributed by atoms with van der Waals surface area (Å²) in [5.74, 6) is 0. The fourth-order valence-corrected chi connectivity index (χ4v) is 2.15. The first-order valence-electron chi connectivity index (χ1n) is 4.97. The van der Waals surface area contributed by atoms with Gasteiger partial charge in [-0.3, -0.25) is 9.80 Å². The Labute approximate surface area is 74.0 Å². The van der Waals surface area contributed by atoms with Crippen LogP contribution in [0.15, 0.2) is 0 Å². The maximum atomic E-state index is 9.31. The number of hydrogen-bond donors (Lipinski definition) is 1. The van der Waals surface area contributed by atoms with Gasteiger partial charge in [-0.05, 0) is 32.4 Å². The highest BCUT2D eigenvalue weighted by molar-refractivity contribution is 4.75. The molecule has 0 bridgehead atoms. The van der Waals surface area contributed by atoms with Crippen LogP contribution in [0, 0.1) is 0 Å². The molecular weight excluding hydrogens is 152 g/mol. The zero-order valence-corrected chi connectivity index (χ0v) is 7.58. The molecule has 0 aromatic rings. The summed E-state index contributed by atoms with van der Waals surface area (Å²) in [5, 5.41) is 9.31. The second-order valence-corrected chi connectivity index (χ2v) is 3.99. The summed E-state index contributed by atoms with van der Waals surface area (Å²) in [7, 11) is 0. The van der Waals surface area contributed by atoms with E-state index in [1.165, 1.54) is 25.9 Å². The maximum Gasteiger partial charge on any atom is 0.0679 e. The van der Waals surface area contributed by atoms with Crippen molar-refractivity contribution in [1.82, 2.24) is 9.80 Å². The van der Waals surface area contributed by atoms with Crippen LogP contribution in [-0.4, -0.2) is 53.9 Å². The van der Waals surface area contributed by atoms with Gasteiger partial charge in [-0.1, -0.05) is 0 Å². The van der Waals surface area contributed by atoms with Crippen LogP contribution < -0.4 is 0 Å². The van der Waals surface area contributed by atoms with Crippen molar-refractivity contribution in [1.29, 1.82) is 0 Å². The molecule has 0 amide bonds. The molecule has 1 N–H and O–H groups in total. The summed E-state index contributed by atoms with van der Waals surface area (Å²) in [6.07, 6.45) is 3.62. The number of likely N-dealkylation sites (tertiary alicyclic amines) is 2. The Hall–Kier alpha value is -0.120. The van der Waals surface area contributed by atoms with Gasteiger partial charge >= 0.3 is 0 Å². The first-order valence-corrected chi connectivity index (χ1v) is 4.97. The normalized spacial score (nSPS) is 33.2. The highest BCUT2D eigenvalue weighted by Crippen LogP contribution is 2.12. The molecule has 70 valence electrons. The predicted molar refractivity (Wildman–Crippen MR) is 47.9 cm³/mol. The lowest BCUT2D eigenvalue weighted by atomic mass is 10.3. The number of aliphatic hydroxyl groups is 1. The van der Waals surface area contributed by atoms with Gasteiger partial charge in [0.25, 0.3) is 0 Å². The zero-order valence-electron chi connectivity index (χ0n) is 7.58. The van der Waals surface area contributed by atoms with E-state index >= 15 is 0 Å². The molecule has 0 unspecified atom stereocenters. The van der Waals surface area contributed by atoms with Crippen LogP contribution in [0.25, 0.3) is 0 Å². The monoisotopic (exact) mass is 170 g/mol. The molecule has 2 aliphatic rings. The minimum absolute atomic E-state index is 0.0624. The van der Waals surface area contributed by atoms with Crippen molar-refractivity contribution in [2.24, 2.45) is 0 Å². The van der Waals surface area contributed by atoms with Crippen LogP contribution in [0.2, 0.25) is 0 Å². The third-order valence-corrected chi connectivity index (χ3v) is 2.85. The molecule has 0 radical (unpaired) electrons. The molecule has 0 aromatic heterocycles. The third-order valence-electron chi connectivity index (χ3n) is 2.85. The number of aliphatic hydroxyl groups excluding tert-OH is 1. The van der Waals surface area contributed by atoms with Gasteiger partial charge in [0.15, 0.2) is 0 Å². The largest absolute Gasteiger partial charge is 0.392 e. The summed E-state index contributed by atoms with van der Waals surface area (Å²) in [4.78, 5) is 4.84. The molecule has 2 heterocycles. The Bertz CT molecular complexity index is 145. The topological polar surface area (TPSA) is 26.7 Å². The summed E-state index contributed by atoms with van der Waals surface area (Å²) < 4.78 is 0. The van der Waals surface area contributed by atoms with Gasteiger partial charge in [0, 0.05) is 13.1 Å². The van der Waals surface area contributed by atoms with Crippen molar-refractivity contribution in [3.05, 3.63) is 0 Å². The lowest BCUT2D eigenvalue weighted by molar-refractivity contribution is 0.142. The second-order valence-electron chi connectivity index (χ2n) is 3.99. The molecule has 2 saturated heterocycles. The van der Waals surface area contributed by atoms with Crippen molar-refractivity contribution in [2.45, 2.75) is 25.4 Å². The van der Waals surface area contributed by atoms with Crippen molar-refractivity contribution < 1.29 is 5.11 Å². The molecule has 2 fully saturated rings. The number of β-amino-alcohol motifs (C(OH)–C–C–N with tert-alkyl or cyclic N) is 1. The van der Waals surface area contributed by atoms with Crippen LogP contribution in [0.5, 0.6) is 0 Å². The van der Waals surface area contributed by atoms with E-state index in [-0.39, 0.29) is 6.10 Å². The fraction of sp³-hybridized carbons (Fsp3) is 1.00. The molecule has 2 rings (SSSR count). The highest BCUT2D eigenvalue weighted by atomic mass is 16.3. The van der Waals surface area contributed by atoms with E-state index in [4.69, 9.17) is 0 Å². The van der Waals surface area contributed by atoms with Crippen molar-refractivity contribution in [3.63, 3.8) is 0 Å². The number of rotatable bonds is 2. The molecule has 3 nitrogen and oxygen atoms in total. The van der Waals surface area contributed by atoms with Gasteiger partial charge in [-0.15, -0.1) is 0 Å². The lowest BCUT2D eigenvalue weighted by Gasteiger charge is -2.22.